The summed E-state index contributed by atoms with van der Waals surface area (Å²) in [5, 5.41) is 0. The van der Waals surface area contributed by atoms with Crippen LogP contribution in [0.5, 0.6) is 5.75 Å². The Hall–Kier alpha value is -1.13. The van der Waals surface area contributed by atoms with Crippen molar-refractivity contribution in [3.63, 3.8) is 0 Å². The molecule has 17 heavy (non-hydrogen) atoms. The standard InChI is InChI=1S/C13H12BrNOS/c1-16-12-8-9(14)2-7-13(12)17-11-5-3-10(15)4-6-11/h2-8H,15H2,1H3. The maximum absolute atomic E-state index is 5.66. The second-order valence-electron chi connectivity index (χ2n) is 3.47. The van der Waals surface area contributed by atoms with Gasteiger partial charge in [0.25, 0.3) is 0 Å². The molecule has 0 aliphatic rings. The fourth-order valence-electron chi connectivity index (χ4n) is 1.39. The van der Waals surface area contributed by atoms with Crippen molar-refractivity contribution >= 4 is 33.4 Å². The van der Waals surface area contributed by atoms with Crippen LogP contribution in [-0.2, 0) is 0 Å². The lowest BCUT2D eigenvalue weighted by Gasteiger charge is -2.08. The molecule has 2 aromatic rings. The molecule has 0 radical (unpaired) electrons. The monoisotopic (exact) mass is 309 g/mol. The number of anilines is 1. The smallest absolute Gasteiger partial charge is 0.133 e. The van der Waals surface area contributed by atoms with Crippen LogP contribution < -0.4 is 10.5 Å². The molecule has 2 aromatic carbocycles. The molecule has 4 heteroatoms. The average molecular weight is 310 g/mol. The summed E-state index contributed by atoms with van der Waals surface area (Å²) in [7, 11) is 1.68. The minimum absolute atomic E-state index is 0.775. The van der Waals surface area contributed by atoms with Gasteiger partial charge in [-0.05, 0) is 42.5 Å². The van der Waals surface area contributed by atoms with E-state index in [1.54, 1.807) is 18.9 Å². The average Bonchev–Trinajstić information content (AvgIpc) is 2.34. The molecule has 0 aliphatic heterocycles. The van der Waals surface area contributed by atoms with Gasteiger partial charge in [-0.1, -0.05) is 27.7 Å². The number of nitrogen functional groups attached to an aromatic ring is 1. The largest absolute Gasteiger partial charge is 0.496 e. The van der Waals surface area contributed by atoms with Gasteiger partial charge in [-0.3, -0.25) is 0 Å². The van der Waals surface area contributed by atoms with Gasteiger partial charge < -0.3 is 10.5 Å². The summed E-state index contributed by atoms with van der Waals surface area (Å²) in [6, 6.07) is 13.8. The Bertz CT molecular complexity index is 513. The number of benzene rings is 2. The van der Waals surface area contributed by atoms with Crippen LogP contribution in [0.15, 0.2) is 56.7 Å². The van der Waals surface area contributed by atoms with Crippen molar-refractivity contribution in [2.45, 2.75) is 9.79 Å². The molecular formula is C13H12BrNOS. The molecule has 0 unspecified atom stereocenters. The Kier molecular flexibility index (Phi) is 3.97. The molecule has 0 spiro atoms. The first-order valence-electron chi connectivity index (χ1n) is 5.06. The Morgan fingerprint density at radius 2 is 1.82 bits per heavy atom. The zero-order valence-electron chi connectivity index (χ0n) is 9.31. The van der Waals surface area contributed by atoms with Crippen molar-refractivity contribution in [3.05, 3.63) is 46.9 Å². The van der Waals surface area contributed by atoms with Crippen LogP contribution >= 0.6 is 27.7 Å². The molecule has 0 amide bonds. The van der Waals surface area contributed by atoms with Crippen molar-refractivity contribution in [1.29, 1.82) is 0 Å². The van der Waals surface area contributed by atoms with Gasteiger partial charge in [-0.25, -0.2) is 0 Å². The highest BCUT2D eigenvalue weighted by Crippen LogP contribution is 2.36. The minimum atomic E-state index is 0.775. The van der Waals surface area contributed by atoms with Gasteiger partial charge in [0.15, 0.2) is 0 Å². The van der Waals surface area contributed by atoms with E-state index < -0.39 is 0 Å². The number of methoxy groups -OCH3 is 1. The number of hydrogen-bond donors (Lipinski definition) is 1. The first kappa shape index (κ1) is 12.3. The predicted molar refractivity (Wildman–Crippen MR) is 75.7 cm³/mol. The molecule has 0 heterocycles. The summed E-state index contributed by atoms with van der Waals surface area (Å²) in [6.45, 7) is 0. The summed E-state index contributed by atoms with van der Waals surface area (Å²) in [6.07, 6.45) is 0. The van der Waals surface area contributed by atoms with Gasteiger partial charge >= 0.3 is 0 Å². The fraction of sp³-hybridized carbons (Fsp3) is 0.0769. The molecule has 88 valence electrons. The van der Waals surface area contributed by atoms with E-state index in [0.717, 1.165) is 25.7 Å². The van der Waals surface area contributed by atoms with Crippen LogP contribution in [0.4, 0.5) is 5.69 Å². The quantitative estimate of drug-likeness (QED) is 0.863. The molecular weight excluding hydrogens is 298 g/mol. The zero-order valence-corrected chi connectivity index (χ0v) is 11.7. The summed E-state index contributed by atoms with van der Waals surface area (Å²) in [5.41, 5.74) is 6.43. The normalized spacial score (nSPS) is 10.2. The lowest BCUT2D eigenvalue weighted by Crippen LogP contribution is -1.86. The first-order chi connectivity index (χ1) is 8.19. The van der Waals surface area contributed by atoms with Crippen molar-refractivity contribution in [2.75, 3.05) is 12.8 Å². The molecule has 0 bridgehead atoms. The van der Waals surface area contributed by atoms with Crippen LogP contribution in [0.2, 0.25) is 0 Å². The highest BCUT2D eigenvalue weighted by molar-refractivity contribution is 9.10. The van der Waals surface area contributed by atoms with E-state index in [2.05, 4.69) is 15.9 Å². The molecule has 0 saturated heterocycles. The maximum atomic E-state index is 5.66. The van der Waals surface area contributed by atoms with E-state index in [-0.39, 0.29) is 0 Å². The second kappa shape index (κ2) is 5.47. The molecule has 0 aliphatic carbocycles. The molecule has 0 fully saturated rings. The van der Waals surface area contributed by atoms with Gasteiger partial charge in [-0.15, -0.1) is 0 Å². The Morgan fingerprint density at radius 3 is 2.47 bits per heavy atom. The summed E-state index contributed by atoms with van der Waals surface area (Å²) in [4.78, 5) is 2.22. The van der Waals surface area contributed by atoms with Crippen LogP contribution in [-0.4, -0.2) is 7.11 Å². The van der Waals surface area contributed by atoms with E-state index in [1.807, 2.05) is 42.5 Å². The highest BCUT2D eigenvalue weighted by atomic mass is 79.9. The molecule has 0 atom stereocenters. The number of rotatable bonds is 3. The molecule has 2 rings (SSSR count). The first-order valence-corrected chi connectivity index (χ1v) is 6.67. The Labute approximate surface area is 113 Å². The predicted octanol–water partition coefficient (Wildman–Crippen LogP) is 4.19. The van der Waals surface area contributed by atoms with E-state index in [1.165, 1.54) is 0 Å². The van der Waals surface area contributed by atoms with Gasteiger partial charge in [-0.2, -0.15) is 0 Å². The Morgan fingerprint density at radius 1 is 1.12 bits per heavy atom. The number of halogens is 1. The second-order valence-corrected chi connectivity index (χ2v) is 5.50. The number of hydrogen-bond acceptors (Lipinski definition) is 3. The summed E-state index contributed by atoms with van der Waals surface area (Å²) < 4.78 is 6.36. The lowest BCUT2D eigenvalue weighted by molar-refractivity contribution is 0.404. The molecule has 0 saturated carbocycles. The third-order valence-electron chi connectivity index (χ3n) is 2.23. The maximum Gasteiger partial charge on any atom is 0.133 e. The van der Waals surface area contributed by atoms with Crippen LogP contribution in [0, 0.1) is 0 Å². The van der Waals surface area contributed by atoms with E-state index in [0.29, 0.717) is 0 Å². The third-order valence-corrected chi connectivity index (χ3v) is 3.79. The topological polar surface area (TPSA) is 35.2 Å². The third kappa shape index (κ3) is 3.17. The molecule has 2 N–H and O–H groups in total. The minimum Gasteiger partial charge on any atom is -0.496 e. The number of nitrogens with two attached hydrogens (primary N) is 1. The van der Waals surface area contributed by atoms with Crippen molar-refractivity contribution in [1.82, 2.24) is 0 Å². The van der Waals surface area contributed by atoms with E-state index >= 15 is 0 Å². The van der Waals surface area contributed by atoms with Crippen LogP contribution in [0.1, 0.15) is 0 Å². The van der Waals surface area contributed by atoms with Gasteiger partial charge in [0.2, 0.25) is 0 Å². The van der Waals surface area contributed by atoms with Gasteiger partial charge in [0.05, 0.1) is 12.0 Å². The van der Waals surface area contributed by atoms with E-state index in [9.17, 15) is 0 Å². The van der Waals surface area contributed by atoms with Gasteiger partial charge in [0, 0.05) is 15.1 Å². The SMILES string of the molecule is COc1cc(Br)ccc1Sc1ccc(N)cc1. The van der Waals surface area contributed by atoms with Crippen LogP contribution in [0.3, 0.4) is 0 Å². The Balaban J connectivity index is 2.26. The number of ether oxygens (including phenoxy) is 1. The highest BCUT2D eigenvalue weighted by Gasteiger charge is 2.05. The summed E-state index contributed by atoms with van der Waals surface area (Å²) >= 11 is 5.08. The van der Waals surface area contributed by atoms with Crippen molar-refractivity contribution in [2.24, 2.45) is 0 Å². The lowest BCUT2D eigenvalue weighted by atomic mass is 10.3. The molecule has 0 aromatic heterocycles. The van der Waals surface area contributed by atoms with Crippen molar-refractivity contribution < 1.29 is 4.74 Å². The fourth-order valence-corrected chi connectivity index (χ4v) is 2.63. The molecule has 2 nitrogen and oxygen atoms in total. The summed E-state index contributed by atoms with van der Waals surface area (Å²) in [5.74, 6) is 0.862. The van der Waals surface area contributed by atoms with Gasteiger partial charge in [0.1, 0.15) is 5.75 Å². The van der Waals surface area contributed by atoms with Crippen LogP contribution in [0.25, 0.3) is 0 Å². The zero-order chi connectivity index (χ0) is 12.3. The van der Waals surface area contributed by atoms with E-state index in [4.69, 9.17) is 10.5 Å². The van der Waals surface area contributed by atoms with Crippen molar-refractivity contribution in [3.8, 4) is 5.75 Å².